The number of rotatable bonds is 3. The van der Waals surface area contributed by atoms with Gasteiger partial charge in [0.1, 0.15) is 0 Å². The minimum Gasteiger partial charge on any atom is -0.493 e. The van der Waals surface area contributed by atoms with Gasteiger partial charge in [0, 0.05) is 11.8 Å². The molecule has 2 aliphatic heterocycles. The summed E-state index contributed by atoms with van der Waals surface area (Å²) in [4.78, 5) is 12.6. The summed E-state index contributed by atoms with van der Waals surface area (Å²) < 4.78 is 27.4. The molecule has 2 aromatic carbocycles. The lowest BCUT2D eigenvalue weighted by Crippen LogP contribution is -2.31. The van der Waals surface area contributed by atoms with Crippen molar-refractivity contribution in [3.63, 3.8) is 0 Å². The molecule has 0 radical (unpaired) electrons. The van der Waals surface area contributed by atoms with Crippen LogP contribution in [0.2, 0.25) is 0 Å². The minimum atomic E-state index is -0.212. The van der Waals surface area contributed by atoms with Crippen LogP contribution in [0.4, 0.5) is 0 Å². The van der Waals surface area contributed by atoms with E-state index in [2.05, 4.69) is 0 Å². The number of benzene rings is 2. The molecule has 0 amide bonds. The van der Waals surface area contributed by atoms with Crippen molar-refractivity contribution in [3.8, 4) is 23.0 Å². The molecule has 0 bridgehead atoms. The first-order chi connectivity index (χ1) is 13.2. The molecule has 6 heteroatoms. The lowest BCUT2D eigenvalue weighted by Gasteiger charge is -2.33. The maximum atomic E-state index is 12.6. The first-order valence-electron chi connectivity index (χ1n) is 9.00. The van der Waals surface area contributed by atoms with E-state index in [1.165, 1.54) is 5.56 Å². The third kappa shape index (κ3) is 2.43. The summed E-state index contributed by atoms with van der Waals surface area (Å²) in [6.07, 6.45) is 0.798. The first-order valence-corrected chi connectivity index (χ1v) is 9.00. The van der Waals surface area contributed by atoms with Crippen molar-refractivity contribution in [1.82, 2.24) is 0 Å². The van der Waals surface area contributed by atoms with Crippen molar-refractivity contribution in [3.05, 3.63) is 47.0 Å². The summed E-state index contributed by atoms with van der Waals surface area (Å²) in [5.74, 6) is 2.48. The van der Waals surface area contributed by atoms with Crippen molar-refractivity contribution in [2.24, 2.45) is 11.8 Å². The Kier molecular flexibility index (Phi) is 3.67. The van der Waals surface area contributed by atoms with Gasteiger partial charge in [-0.05, 0) is 47.4 Å². The fourth-order valence-corrected chi connectivity index (χ4v) is 4.55. The van der Waals surface area contributed by atoms with Crippen LogP contribution in [-0.4, -0.2) is 33.6 Å². The van der Waals surface area contributed by atoms with E-state index in [1.54, 1.807) is 14.2 Å². The smallest absolute Gasteiger partial charge is 0.310 e. The number of esters is 1. The van der Waals surface area contributed by atoms with Gasteiger partial charge in [0.2, 0.25) is 6.79 Å². The van der Waals surface area contributed by atoms with E-state index in [-0.39, 0.29) is 30.5 Å². The highest BCUT2D eigenvalue weighted by molar-refractivity contribution is 5.78. The summed E-state index contributed by atoms with van der Waals surface area (Å²) in [5, 5.41) is 0. The fraction of sp³-hybridized carbons (Fsp3) is 0.381. The van der Waals surface area contributed by atoms with Crippen LogP contribution in [0.25, 0.3) is 0 Å². The standard InChI is InChI=1S/C21H20O6/c1-23-15-4-3-11(6-16(15)24-2)19-14-8-18-17(26-10-27-18)7-12(14)5-13-9-25-21(22)20(13)19/h3-4,6-8,13,19-20H,5,9-10H2,1-2H3/t13-,19+,20+/m0/s1. The Morgan fingerprint density at radius 2 is 1.74 bits per heavy atom. The molecule has 2 heterocycles. The highest BCUT2D eigenvalue weighted by Gasteiger charge is 2.48. The van der Waals surface area contributed by atoms with Crippen molar-refractivity contribution in [2.45, 2.75) is 12.3 Å². The van der Waals surface area contributed by atoms with Gasteiger partial charge in [-0.1, -0.05) is 6.07 Å². The van der Waals surface area contributed by atoms with Crippen molar-refractivity contribution in [2.75, 3.05) is 27.6 Å². The maximum Gasteiger partial charge on any atom is 0.310 e. The van der Waals surface area contributed by atoms with Crippen LogP contribution in [0.3, 0.4) is 0 Å². The van der Waals surface area contributed by atoms with Crippen molar-refractivity contribution in [1.29, 1.82) is 0 Å². The summed E-state index contributed by atoms with van der Waals surface area (Å²) in [7, 11) is 3.22. The summed E-state index contributed by atoms with van der Waals surface area (Å²) in [5.41, 5.74) is 3.27. The van der Waals surface area contributed by atoms with E-state index in [0.29, 0.717) is 18.1 Å². The molecule has 140 valence electrons. The Labute approximate surface area is 156 Å². The monoisotopic (exact) mass is 368 g/mol. The molecule has 3 aliphatic rings. The zero-order chi connectivity index (χ0) is 18.5. The molecule has 1 fully saturated rings. The van der Waals surface area contributed by atoms with Gasteiger partial charge in [0.25, 0.3) is 0 Å². The lowest BCUT2D eigenvalue weighted by molar-refractivity contribution is -0.141. The Hall–Kier alpha value is -2.89. The second kappa shape index (κ2) is 6.08. The Morgan fingerprint density at radius 3 is 2.52 bits per heavy atom. The Bertz CT molecular complexity index is 921. The first kappa shape index (κ1) is 16.3. The van der Waals surface area contributed by atoms with Gasteiger partial charge in [-0.2, -0.15) is 0 Å². The molecule has 0 N–H and O–H groups in total. The van der Waals surface area contributed by atoms with Crippen molar-refractivity contribution >= 4 is 5.97 Å². The van der Waals surface area contributed by atoms with E-state index in [1.807, 2.05) is 30.3 Å². The van der Waals surface area contributed by atoms with Crippen LogP contribution < -0.4 is 18.9 Å². The van der Waals surface area contributed by atoms with E-state index >= 15 is 0 Å². The van der Waals surface area contributed by atoms with E-state index in [0.717, 1.165) is 29.0 Å². The molecule has 5 rings (SSSR count). The topological polar surface area (TPSA) is 63.2 Å². The third-order valence-electron chi connectivity index (χ3n) is 5.80. The Morgan fingerprint density at radius 1 is 0.963 bits per heavy atom. The predicted molar refractivity (Wildman–Crippen MR) is 95.6 cm³/mol. The van der Waals surface area contributed by atoms with Gasteiger partial charge in [-0.15, -0.1) is 0 Å². The second-order valence-electron chi connectivity index (χ2n) is 7.12. The molecule has 0 aromatic heterocycles. The van der Waals surface area contributed by atoms with Crippen LogP contribution in [0, 0.1) is 11.8 Å². The number of hydrogen-bond acceptors (Lipinski definition) is 6. The molecule has 1 aliphatic carbocycles. The molecular weight excluding hydrogens is 348 g/mol. The van der Waals surface area contributed by atoms with Gasteiger partial charge in [-0.3, -0.25) is 4.79 Å². The predicted octanol–water partition coefficient (Wildman–Crippen LogP) is 2.91. The highest BCUT2D eigenvalue weighted by atomic mass is 16.7. The molecular formula is C21H20O6. The maximum absolute atomic E-state index is 12.6. The molecule has 0 unspecified atom stereocenters. The van der Waals surface area contributed by atoms with Crippen LogP contribution >= 0.6 is 0 Å². The number of cyclic esters (lactones) is 1. The van der Waals surface area contributed by atoms with E-state index < -0.39 is 0 Å². The van der Waals surface area contributed by atoms with E-state index in [9.17, 15) is 4.79 Å². The molecule has 0 spiro atoms. The second-order valence-corrected chi connectivity index (χ2v) is 7.12. The van der Waals surface area contributed by atoms with Gasteiger partial charge in [0.15, 0.2) is 23.0 Å². The molecule has 6 nitrogen and oxygen atoms in total. The van der Waals surface area contributed by atoms with Gasteiger partial charge >= 0.3 is 5.97 Å². The number of carbonyl (C=O) groups is 1. The lowest BCUT2D eigenvalue weighted by atomic mass is 9.67. The highest BCUT2D eigenvalue weighted by Crippen LogP contribution is 2.51. The van der Waals surface area contributed by atoms with Gasteiger partial charge in [0.05, 0.1) is 26.7 Å². The van der Waals surface area contributed by atoms with Gasteiger partial charge < -0.3 is 23.7 Å². The molecule has 2 aromatic rings. The molecule has 27 heavy (non-hydrogen) atoms. The number of hydrogen-bond donors (Lipinski definition) is 0. The van der Waals surface area contributed by atoms with Crippen molar-refractivity contribution < 1.29 is 28.5 Å². The average Bonchev–Trinajstić information content (AvgIpc) is 3.30. The van der Waals surface area contributed by atoms with Crippen LogP contribution in [0.1, 0.15) is 22.6 Å². The Balaban J connectivity index is 1.68. The summed E-state index contributed by atoms with van der Waals surface area (Å²) in [6.45, 7) is 0.690. The molecule has 0 saturated carbocycles. The van der Waals surface area contributed by atoms with Crippen LogP contribution in [-0.2, 0) is 16.0 Å². The SMILES string of the molecule is COc1ccc([C@@H]2c3cc4c(cc3C[C@H]3COC(=O)[C@H]32)OCO4)cc1OC. The fourth-order valence-electron chi connectivity index (χ4n) is 4.55. The summed E-state index contributed by atoms with van der Waals surface area (Å²) >= 11 is 0. The average molecular weight is 368 g/mol. The van der Waals surface area contributed by atoms with Crippen LogP contribution in [0.15, 0.2) is 30.3 Å². The third-order valence-corrected chi connectivity index (χ3v) is 5.80. The number of methoxy groups -OCH3 is 2. The van der Waals surface area contributed by atoms with Crippen LogP contribution in [0.5, 0.6) is 23.0 Å². The number of ether oxygens (including phenoxy) is 5. The zero-order valence-electron chi connectivity index (χ0n) is 15.2. The number of carbonyl (C=O) groups excluding carboxylic acids is 1. The minimum absolute atomic E-state index is 0.122. The van der Waals surface area contributed by atoms with E-state index in [4.69, 9.17) is 23.7 Å². The zero-order valence-corrected chi connectivity index (χ0v) is 15.2. The quantitative estimate of drug-likeness (QED) is 0.777. The molecule has 3 atom stereocenters. The number of fused-ring (bicyclic) bond motifs is 3. The summed E-state index contributed by atoms with van der Waals surface area (Å²) in [6, 6.07) is 9.89. The largest absolute Gasteiger partial charge is 0.493 e. The molecule has 1 saturated heterocycles. The normalized spacial score (nSPS) is 24.8. The van der Waals surface area contributed by atoms with Gasteiger partial charge in [-0.25, -0.2) is 0 Å².